The third kappa shape index (κ3) is 3.66. The van der Waals surface area contributed by atoms with E-state index in [-0.39, 0.29) is 12.6 Å². The fraction of sp³-hybridized carbons (Fsp3) is 0.667. The van der Waals surface area contributed by atoms with Gasteiger partial charge in [-0.15, -0.1) is 11.8 Å². The summed E-state index contributed by atoms with van der Waals surface area (Å²) >= 11 is 0. The van der Waals surface area contributed by atoms with E-state index in [0.717, 1.165) is 0 Å². The Bertz CT molecular complexity index is 101. The SMILES string of the molecule is CC#CCC(N)CO. The molecule has 0 saturated heterocycles. The molecular weight excluding hydrogens is 102 g/mol. The van der Waals surface area contributed by atoms with Gasteiger partial charge in [0.15, 0.2) is 0 Å². The maximum atomic E-state index is 8.37. The predicted molar refractivity (Wildman–Crippen MR) is 33.1 cm³/mol. The molecule has 0 saturated carbocycles. The second-order valence-corrected chi connectivity index (χ2v) is 1.57. The van der Waals surface area contributed by atoms with Crippen molar-refractivity contribution in [3.63, 3.8) is 0 Å². The Kier molecular flexibility index (Phi) is 4.33. The molecule has 8 heavy (non-hydrogen) atoms. The molecule has 0 rings (SSSR count). The largest absolute Gasteiger partial charge is 0.395 e. The molecule has 46 valence electrons. The van der Waals surface area contributed by atoms with Gasteiger partial charge in [-0.1, -0.05) is 0 Å². The van der Waals surface area contributed by atoms with Crippen molar-refractivity contribution in [2.24, 2.45) is 5.73 Å². The van der Waals surface area contributed by atoms with Crippen LogP contribution in [-0.4, -0.2) is 17.8 Å². The zero-order valence-corrected chi connectivity index (χ0v) is 5.02. The molecule has 0 bridgehead atoms. The van der Waals surface area contributed by atoms with Crippen LogP contribution in [-0.2, 0) is 0 Å². The first kappa shape index (κ1) is 7.48. The van der Waals surface area contributed by atoms with E-state index in [1.165, 1.54) is 0 Å². The fourth-order valence-corrected chi connectivity index (χ4v) is 0.298. The highest BCUT2D eigenvalue weighted by atomic mass is 16.3. The zero-order valence-electron chi connectivity index (χ0n) is 5.02. The number of nitrogens with two attached hydrogens (primary N) is 1. The Labute approximate surface area is 49.7 Å². The zero-order chi connectivity index (χ0) is 6.41. The number of aliphatic hydroxyl groups is 1. The van der Waals surface area contributed by atoms with Crippen LogP contribution in [0, 0.1) is 11.8 Å². The van der Waals surface area contributed by atoms with Crippen LogP contribution in [0.2, 0.25) is 0 Å². The summed E-state index contributed by atoms with van der Waals surface area (Å²) in [6.07, 6.45) is 0.590. The minimum Gasteiger partial charge on any atom is -0.395 e. The molecule has 0 aromatic rings. The molecule has 1 unspecified atom stereocenters. The van der Waals surface area contributed by atoms with Gasteiger partial charge in [0.1, 0.15) is 0 Å². The lowest BCUT2D eigenvalue weighted by Gasteiger charge is -1.98. The summed E-state index contributed by atoms with van der Waals surface area (Å²) in [6, 6.07) is -0.164. The van der Waals surface area contributed by atoms with Crippen LogP contribution in [0.4, 0.5) is 0 Å². The topological polar surface area (TPSA) is 46.2 Å². The predicted octanol–water partition coefficient (Wildman–Crippen LogP) is -0.281. The standard InChI is InChI=1S/C6H11NO/c1-2-3-4-6(7)5-8/h6,8H,4-5,7H2,1H3. The highest BCUT2D eigenvalue weighted by Gasteiger charge is 1.93. The molecular formula is C6H11NO. The summed E-state index contributed by atoms with van der Waals surface area (Å²) in [5.41, 5.74) is 5.31. The van der Waals surface area contributed by atoms with Crippen molar-refractivity contribution in [1.82, 2.24) is 0 Å². The van der Waals surface area contributed by atoms with Gasteiger partial charge in [0, 0.05) is 12.5 Å². The first-order chi connectivity index (χ1) is 3.81. The van der Waals surface area contributed by atoms with Gasteiger partial charge in [-0.25, -0.2) is 0 Å². The molecule has 0 fully saturated rings. The van der Waals surface area contributed by atoms with E-state index in [0.29, 0.717) is 6.42 Å². The van der Waals surface area contributed by atoms with E-state index in [1.54, 1.807) is 6.92 Å². The van der Waals surface area contributed by atoms with Crippen LogP contribution in [0.5, 0.6) is 0 Å². The van der Waals surface area contributed by atoms with Crippen molar-refractivity contribution in [3.05, 3.63) is 0 Å². The van der Waals surface area contributed by atoms with E-state index < -0.39 is 0 Å². The smallest absolute Gasteiger partial charge is 0.0591 e. The first-order valence-electron chi connectivity index (χ1n) is 2.57. The second kappa shape index (κ2) is 4.63. The average molecular weight is 113 g/mol. The Hall–Kier alpha value is -0.520. The molecule has 0 aliphatic heterocycles. The Morgan fingerprint density at radius 2 is 2.38 bits per heavy atom. The summed E-state index contributed by atoms with van der Waals surface area (Å²) in [5, 5.41) is 8.37. The van der Waals surface area contributed by atoms with Gasteiger partial charge in [-0.05, 0) is 6.92 Å². The fourth-order valence-electron chi connectivity index (χ4n) is 0.298. The van der Waals surface area contributed by atoms with Gasteiger partial charge in [0.25, 0.3) is 0 Å². The van der Waals surface area contributed by atoms with Crippen LogP contribution < -0.4 is 5.73 Å². The molecule has 2 heteroatoms. The minimum atomic E-state index is -0.164. The number of aliphatic hydroxyl groups excluding tert-OH is 1. The molecule has 0 amide bonds. The Balaban J connectivity index is 3.19. The lowest BCUT2D eigenvalue weighted by molar-refractivity contribution is 0.267. The van der Waals surface area contributed by atoms with Gasteiger partial charge in [-0.2, -0.15) is 0 Å². The molecule has 0 aliphatic rings. The second-order valence-electron chi connectivity index (χ2n) is 1.57. The van der Waals surface area contributed by atoms with Gasteiger partial charge in [0.05, 0.1) is 6.61 Å². The number of hydrogen-bond donors (Lipinski definition) is 2. The van der Waals surface area contributed by atoms with Crippen molar-refractivity contribution >= 4 is 0 Å². The van der Waals surface area contributed by atoms with Gasteiger partial charge < -0.3 is 10.8 Å². The summed E-state index contributed by atoms with van der Waals surface area (Å²) in [4.78, 5) is 0. The molecule has 2 nitrogen and oxygen atoms in total. The van der Waals surface area contributed by atoms with Crippen molar-refractivity contribution in [1.29, 1.82) is 0 Å². The molecule has 0 heterocycles. The van der Waals surface area contributed by atoms with Gasteiger partial charge in [-0.3, -0.25) is 0 Å². The molecule has 0 aliphatic carbocycles. The minimum absolute atomic E-state index is 0.0225. The summed E-state index contributed by atoms with van der Waals surface area (Å²) in [6.45, 7) is 1.78. The van der Waals surface area contributed by atoms with E-state index >= 15 is 0 Å². The molecule has 0 spiro atoms. The molecule has 0 radical (unpaired) electrons. The average Bonchev–Trinajstić information content (AvgIpc) is 1.83. The summed E-state index contributed by atoms with van der Waals surface area (Å²) in [7, 11) is 0. The quantitative estimate of drug-likeness (QED) is 0.484. The molecule has 0 aromatic heterocycles. The molecule has 0 aromatic carbocycles. The number of rotatable bonds is 2. The Morgan fingerprint density at radius 1 is 1.75 bits per heavy atom. The highest BCUT2D eigenvalue weighted by molar-refractivity contribution is 4.97. The monoisotopic (exact) mass is 113 g/mol. The van der Waals surface area contributed by atoms with Gasteiger partial charge in [0.2, 0.25) is 0 Å². The Morgan fingerprint density at radius 3 is 2.75 bits per heavy atom. The molecule has 3 N–H and O–H groups in total. The van der Waals surface area contributed by atoms with E-state index in [2.05, 4.69) is 11.8 Å². The number of hydrogen-bond acceptors (Lipinski definition) is 2. The highest BCUT2D eigenvalue weighted by Crippen LogP contribution is 1.81. The van der Waals surface area contributed by atoms with E-state index in [1.807, 2.05) is 0 Å². The van der Waals surface area contributed by atoms with E-state index in [4.69, 9.17) is 10.8 Å². The lowest BCUT2D eigenvalue weighted by Crippen LogP contribution is -2.23. The first-order valence-corrected chi connectivity index (χ1v) is 2.57. The van der Waals surface area contributed by atoms with Gasteiger partial charge >= 0.3 is 0 Å². The van der Waals surface area contributed by atoms with Crippen molar-refractivity contribution in [3.8, 4) is 11.8 Å². The van der Waals surface area contributed by atoms with Crippen LogP contribution in [0.25, 0.3) is 0 Å². The van der Waals surface area contributed by atoms with Crippen LogP contribution >= 0.6 is 0 Å². The van der Waals surface area contributed by atoms with Crippen LogP contribution in [0.15, 0.2) is 0 Å². The van der Waals surface area contributed by atoms with Crippen LogP contribution in [0.1, 0.15) is 13.3 Å². The normalized spacial score (nSPS) is 11.9. The maximum Gasteiger partial charge on any atom is 0.0591 e. The summed E-state index contributed by atoms with van der Waals surface area (Å²) in [5.74, 6) is 5.46. The van der Waals surface area contributed by atoms with Crippen LogP contribution in [0.3, 0.4) is 0 Å². The summed E-state index contributed by atoms with van der Waals surface area (Å²) < 4.78 is 0. The molecule has 1 atom stereocenters. The maximum absolute atomic E-state index is 8.37. The third-order valence-corrected chi connectivity index (χ3v) is 0.776. The third-order valence-electron chi connectivity index (χ3n) is 0.776. The van der Waals surface area contributed by atoms with Crippen molar-refractivity contribution in [2.45, 2.75) is 19.4 Å². The lowest BCUT2D eigenvalue weighted by atomic mass is 10.2. The van der Waals surface area contributed by atoms with E-state index in [9.17, 15) is 0 Å². The van der Waals surface area contributed by atoms with Crippen molar-refractivity contribution < 1.29 is 5.11 Å². The van der Waals surface area contributed by atoms with Crippen molar-refractivity contribution in [2.75, 3.05) is 6.61 Å².